The molecule has 2 heterocycles. The molecule has 0 aliphatic carbocycles. The van der Waals surface area contributed by atoms with Crippen molar-refractivity contribution < 1.29 is 4.42 Å². The van der Waals surface area contributed by atoms with E-state index < -0.39 is 0 Å². The minimum atomic E-state index is 0.403. The molecule has 2 aromatic rings. The van der Waals surface area contributed by atoms with Crippen molar-refractivity contribution in [1.29, 1.82) is 0 Å². The molecule has 0 fully saturated rings. The van der Waals surface area contributed by atoms with E-state index in [0.717, 1.165) is 12.3 Å². The van der Waals surface area contributed by atoms with E-state index in [4.69, 9.17) is 4.42 Å². The van der Waals surface area contributed by atoms with Gasteiger partial charge in [-0.2, -0.15) is 0 Å². The van der Waals surface area contributed by atoms with E-state index in [0.29, 0.717) is 17.2 Å². The van der Waals surface area contributed by atoms with Crippen LogP contribution >= 0.6 is 23.1 Å². The Hall–Kier alpha value is -0.850. The maximum Gasteiger partial charge on any atom is 0.276 e. The Morgan fingerprint density at radius 3 is 3.06 bits per heavy atom. The van der Waals surface area contributed by atoms with Gasteiger partial charge in [-0.1, -0.05) is 17.8 Å². The van der Waals surface area contributed by atoms with Crippen molar-refractivity contribution in [3.05, 3.63) is 28.3 Å². The third-order valence-electron chi connectivity index (χ3n) is 2.26. The van der Waals surface area contributed by atoms with E-state index in [1.165, 1.54) is 4.88 Å². The van der Waals surface area contributed by atoms with E-state index in [2.05, 4.69) is 40.0 Å². The first kappa shape index (κ1) is 12.6. The third kappa shape index (κ3) is 3.83. The number of nitrogens with zero attached hydrogens (tertiary/aromatic N) is 2. The molecule has 0 aromatic carbocycles. The quantitative estimate of drug-likeness (QED) is 0.645. The first-order valence-corrected chi connectivity index (χ1v) is 7.32. The summed E-state index contributed by atoms with van der Waals surface area (Å²) in [6.45, 7) is 4.90. The summed E-state index contributed by atoms with van der Waals surface area (Å²) in [5.41, 5.74) is 0. The van der Waals surface area contributed by atoms with Gasteiger partial charge in [-0.3, -0.25) is 0 Å². The predicted molar refractivity (Wildman–Crippen MR) is 70.5 cm³/mol. The summed E-state index contributed by atoms with van der Waals surface area (Å²) in [6.07, 6.45) is 0. The SMILES string of the molecule is Cc1nnc(SCCNC(C)c2cccs2)o1. The molecule has 0 saturated heterocycles. The van der Waals surface area contributed by atoms with Crippen molar-refractivity contribution >= 4 is 23.1 Å². The Labute approximate surface area is 109 Å². The molecule has 0 radical (unpaired) electrons. The normalized spacial score (nSPS) is 12.8. The number of aromatic nitrogens is 2. The van der Waals surface area contributed by atoms with Gasteiger partial charge < -0.3 is 9.73 Å². The zero-order valence-corrected chi connectivity index (χ0v) is 11.5. The highest BCUT2D eigenvalue weighted by Gasteiger charge is 2.06. The Kier molecular flexibility index (Phi) is 4.58. The van der Waals surface area contributed by atoms with Crippen molar-refractivity contribution in [2.24, 2.45) is 0 Å². The predicted octanol–water partition coefficient (Wildman–Crippen LogP) is 2.88. The Morgan fingerprint density at radius 2 is 2.41 bits per heavy atom. The standard InChI is InChI=1S/C11H15N3OS2/c1-8(10-4-3-6-16-10)12-5-7-17-11-14-13-9(2)15-11/h3-4,6,8,12H,5,7H2,1-2H3. The maximum atomic E-state index is 5.28. The van der Waals surface area contributed by atoms with Gasteiger partial charge in [0, 0.05) is 30.1 Å². The third-order valence-corrected chi connectivity index (χ3v) is 4.13. The van der Waals surface area contributed by atoms with Crippen LogP contribution in [0.5, 0.6) is 0 Å². The fraction of sp³-hybridized carbons (Fsp3) is 0.455. The molecule has 0 amide bonds. The molecule has 0 aliphatic heterocycles. The van der Waals surface area contributed by atoms with Gasteiger partial charge in [0.1, 0.15) is 0 Å². The van der Waals surface area contributed by atoms with E-state index in [1.807, 2.05) is 0 Å². The van der Waals surface area contributed by atoms with Crippen LogP contribution in [0.15, 0.2) is 27.2 Å². The molecule has 0 spiro atoms. The molecular weight excluding hydrogens is 254 g/mol. The summed E-state index contributed by atoms with van der Waals surface area (Å²) < 4.78 is 5.28. The number of aryl methyl sites for hydroxylation is 1. The van der Waals surface area contributed by atoms with Crippen molar-refractivity contribution in [1.82, 2.24) is 15.5 Å². The van der Waals surface area contributed by atoms with Gasteiger partial charge in [0.05, 0.1) is 0 Å². The molecule has 2 aromatic heterocycles. The molecule has 92 valence electrons. The van der Waals surface area contributed by atoms with Crippen LogP contribution in [0.4, 0.5) is 0 Å². The molecule has 0 saturated carbocycles. The van der Waals surface area contributed by atoms with E-state index in [9.17, 15) is 0 Å². The Balaban J connectivity index is 1.66. The Morgan fingerprint density at radius 1 is 1.53 bits per heavy atom. The highest BCUT2D eigenvalue weighted by molar-refractivity contribution is 7.99. The number of rotatable bonds is 6. The molecule has 0 bridgehead atoms. The minimum Gasteiger partial charge on any atom is -0.416 e. The van der Waals surface area contributed by atoms with Crippen LogP contribution in [0.25, 0.3) is 0 Å². The van der Waals surface area contributed by atoms with Crippen LogP contribution in [0.2, 0.25) is 0 Å². The molecule has 1 unspecified atom stereocenters. The van der Waals surface area contributed by atoms with Crippen molar-refractivity contribution in [2.45, 2.75) is 25.1 Å². The summed E-state index contributed by atoms with van der Waals surface area (Å²) in [6, 6.07) is 4.63. The van der Waals surface area contributed by atoms with Gasteiger partial charge >= 0.3 is 0 Å². The monoisotopic (exact) mass is 269 g/mol. The average molecular weight is 269 g/mol. The topological polar surface area (TPSA) is 51.0 Å². The average Bonchev–Trinajstić information content (AvgIpc) is 2.95. The van der Waals surface area contributed by atoms with Gasteiger partial charge in [-0.05, 0) is 18.4 Å². The van der Waals surface area contributed by atoms with E-state index >= 15 is 0 Å². The maximum absolute atomic E-state index is 5.28. The van der Waals surface area contributed by atoms with Crippen LogP contribution in [-0.4, -0.2) is 22.5 Å². The van der Waals surface area contributed by atoms with Crippen LogP contribution in [0.3, 0.4) is 0 Å². The molecule has 1 atom stereocenters. The number of hydrogen-bond donors (Lipinski definition) is 1. The number of hydrogen-bond acceptors (Lipinski definition) is 6. The van der Waals surface area contributed by atoms with Gasteiger partial charge in [-0.25, -0.2) is 0 Å². The highest BCUT2D eigenvalue weighted by Crippen LogP contribution is 2.19. The molecule has 4 nitrogen and oxygen atoms in total. The van der Waals surface area contributed by atoms with Gasteiger partial charge in [-0.15, -0.1) is 21.5 Å². The fourth-order valence-corrected chi connectivity index (χ4v) is 2.82. The summed E-state index contributed by atoms with van der Waals surface area (Å²) >= 11 is 3.36. The zero-order chi connectivity index (χ0) is 12.1. The summed E-state index contributed by atoms with van der Waals surface area (Å²) in [7, 11) is 0. The molecule has 1 N–H and O–H groups in total. The highest BCUT2D eigenvalue weighted by atomic mass is 32.2. The summed E-state index contributed by atoms with van der Waals surface area (Å²) in [5.74, 6) is 1.55. The van der Waals surface area contributed by atoms with Crippen LogP contribution in [-0.2, 0) is 0 Å². The lowest BCUT2D eigenvalue weighted by atomic mass is 10.3. The molecule has 2 rings (SSSR count). The number of nitrogens with one attached hydrogen (secondary N) is 1. The van der Waals surface area contributed by atoms with Gasteiger partial charge in [0.25, 0.3) is 5.22 Å². The van der Waals surface area contributed by atoms with Crippen molar-refractivity contribution in [3.63, 3.8) is 0 Å². The zero-order valence-electron chi connectivity index (χ0n) is 9.84. The molecular formula is C11H15N3OS2. The van der Waals surface area contributed by atoms with Crippen molar-refractivity contribution in [2.75, 3.05) is 12.3 Å². The first-order chi connectivity index (χ1) is 8.25. The van der Waals surface area contributed by atoms with Gasteiger partial charge in [0.15, 0.2) is 0 Å². The summed E-state index contributed by atoms with van der Waals surface area (Å²) in [5, 5.41) is 13.9. The second-order valence-electron chi connectivity index (χ2n) is 3.63. The van der Waals surface area contributed by atoms with E-state index in [-0.39, 0.29) is 0 Å². The first-order valence-electron chi connectivity index (χ1n) is 5.45. The lowest BCUT2D eigenvalue weighted by molar-refractivity contribution is 0.429. The number of thioether (sulfide) groups is 1. The van der Waals surface area contributed by atoms with Crippen molar-refractivity contribution in [3.8, 4) is 0 Å². The lowest BCUT2D eigenvalue weighted by Crippen LogP contribution is -2.20. The molecule has 6 heteroatoms. The largest absolute Gasteiger partial charge is 0.416 e. The Bertz CT molecular complexity index is 441. The fourth-order valence-electron chi connectivity index (χ4n) is 1.39. The lowest BCUT2D eigenvalue weighted by Gasteiger charge is -2.10. The second-order valence-corrected chi connectivity index (χ2v) is 5.65. The van der Waals surface area contributed by atoms with Gasteiger partial charge in [0.2, 0.25) is 5.89 Å². The molecule has 17 heavy (non-hydrogen) atoms. The van der Waals surface area contributed by atoms with E-state index in [1.54, 1.807) is 30.0 Å². The molecule has 0 aliphatic rings. The minimum absolute atomic E-state index is 0.403. The van der Waals surface area contributed by atoms with Crippen LogP contribution in [0, 0.1) is 6.92 Å². The smallest absolute Gasteiger partial charge is 0.276 e. The number of thiophene rings is 1. The van der Waals surface area contributed by atoms with Crippen LogP contribution < -0.4 is 5.32 Å². The van der Waals surface area contributed by atoms with Crippen LogP contribution in [0.1, 0.15) is 23.7 Å². The second kappa shape index (κ2) is 6.18. The summed E-state index contributed by atoms with van der Waals surface area (Å²) in [4.78, 5) is 1.36.